The van der Waals surface area contributed by atoms with Crippen LogP contribution in [0.5, 0.6) is 0 Å². The van der Waals surface area contributed by atoms with Gasteiger partial charge in [0.15, 0.2) is 11.5 Å². The van der Waals surface area contributed by atoms with Gasteiger partial charge in [-0.1, -0.05) is 6.07 Å². The molecule has 0 unspecified atom stereocenters. The van der Waals surface area contributed by atoms with Gasteiger partial charge in [-0.2, -0.15) is 25.5 Å². The molecule has 0 spiro atoms. The quantitative estimate of drug-likeness (QED) is 0.442. The Balaban J connectivity index is 1.50. The highest BCUT2D eigenvalue weighted by Crippen LogP contribution is 2.45. The van der Waals surface area contributed by atoms with Crippen LogP contribution in [0, 0.1) is 28.6 Å². The zero-order valence-corrected chi connectivity index (χ0v) is 18.0. The molecule has 0 aliphatic heterocycles. The number of hydrogen-bond acceptors (Lipinski definition) is 8. The van der Waals surface area contributed by atoms with Crippen LogP contribution in [-0.4, -0.2) is 34.3 Å². The third kappa shape index (κ3) is 2.90. The Morgan fingerprint density at radius 2 is 2.00 bits per heavy atom. The molecule has 164 valence electrons. The lowest BCUT2D eigenvalue weighted by Gasteiger charge is -2.42. The van der Waals surface area contributed by atoms with E-state index in [0.29, 0.717) is 30.0 Å². The maximum Gasteiger partial charge on any atom is 0.180 e. The molecule has 4 heterocycles. The van der Waals surface area contributed by atoms with E-state index in [0.717, 1.165) is 27.7 Å². The van der Waals surface area contributed by atoms with Crippen molar-refractivity contribution in [3.8, 4) is 34.7 Å². The van der Waals surface area contributed by atoms with E-state index in [1.807, 2.05) is 34.9 Å². The van der Waals surface area contributed by atoms with Gasteiger partial charge in [-0.05, 0) is 31.0 Å². The van der Waals surface area contributed by atoms with E-state index in [2.05, 4.69) is 32.2 Å². The van der Waals surface area contributed by atoms with Crippen molar-refractivity contribution in [3.63, 3.8) is 0 Å². The number of fused-ring (bicyclic) bond motifs is 2. The predicted octanol–water partition coefficient (Wildman–Crippen LogP) is 3.33. The molecule has 6 rings (SSSR count). The highest BCUT2D eigenvalue weighted by atomic mass is 15.5. The number of rotatable bonds is 4. The highest BCUT2D eigenvalue weighted by molar-refractivity contribution is 5.97. The van der Waals surface area contributed by atoms with Crippen LogP contribution in [0.4, 0.5) is 5.82 Å². The van der Waals surface area contributed by atoms with E-state index < -0.39 is 5.54 Å². The van der Waals surface area contributed by atoms with E-state index >= 15 is 0 Å². The zero-order chi connectivity index (χ0) is 23.3. The number of pyridine rings is 1. The number of imidazole rings is 1. The molecule has 10 nitrogen and oxygen atoms in total. The first-order valence-electron chi connectivity index (χ1n) is 10.8. The Morgan fingerprint density at radius 1 is 1.12 bits per heavy atom. The Labute approximate surface area is 193 Å². The lowest BCUT2D eigenvalue weighted by Crippen LogP contribution is -2.47. The molecule has 0 radical (unpaired) electrons. The Morgan fingerprint density at radius 3 is 2.82 bits per heavy atom. The lowest BCUT2D eigenvalue weighted by atomic mass is 9.68. The minimum absolute atomic E-state index is 0.0757. The average molecular weight is 446 g/mol. The first kappa shape index (κ1) is 19.8. The summed E-state index contributed by atoms with van der Waals surface area (Å²) in [5.41, 5.74) is 10.1. The molecule has 10 heteroatoms. The summed E-state index contributed by atoms with van der Waals surface area (Å²) in [5, 5.41) is 28.8. The monoisotopic (exact) mass is 446 g/mol. The van der Waals surface area contributed by atoms with Crippen LogP contribution in [0.15, 0.2) is 55.2 Å². The topological polar surface area (TPSA) is 147 Å². The Kier molecular flexibility index (Phi) is 4.29. The molecule has 0 bridgehead atoms. The number of nitrogen functional groups attached to an aromatic ring is 1. The van der Waals surface area contributed by atoms with Gasteiger partial charge in [0, 0.05) is 35.1 Å². The summed E-state index contributed by atoms with van der Waals surface area (Å²) in [7, 11) is 0. The number of nitriles is 2. The smallest absolute Gasteiger partial charge is 0.180 e. The number of hydrogen-bond donors (Lipinski definition) is 1. The maximum absolute atomic E-state index is 9.37. The summed E-state index contributed by atoms with van der Waals surface area (Å²) in [6, 6.07) is 12.4. The lowest BCUT2D eigenvalue weighted by molar-refractivity contribution is 0.0713. The molecule has 2 N–H and O–H groups in total. The highest BCUT2D eigenvalue weighted by Gasteiger charge is 2.48. The molecular weight excluding hydrogens is 428 g/mol. The fourth-order valence-corrected chi connectivity index (χ4v) is 4.78. The summed E-state index contributed by atoms with van der Waals surface area (Å²) in [6.07, 6.45) is 10.1. The second kappa shape index (κ2) is 7.36. The van der Waals surface area contributed by atoms with Gasteiger partial charge in [0.1, 0.15) is 5.69 Å². The molecule has 4 aromatic heterocycles. The number of benzene rings is 1. The molecule has 0 saturated heterocycles. The van der Waals surface area contributed by atoms with Crippen LogP contribution in [0.25, 0.3) is 39.1 Å². The van der Waals surface area contributed by atoms with Crippen molar-refractivity contribution in [1.29, 1.82) is 10.5 Å². The van der Waals surface area contributed by atoms with Crippen LogP contribution in [-0.2, 0) is 5.54 Å². The zero-order valence-electron chi connectivity index (χ0n) is 18.0. The van der Waals surface area contributed by atoms with Gasteiger partial charge in [-0.3, -0.25) is 9.38 Å². The summed E-state index contributed by atoms with van der Waals surface area (Å²) in [4.78, 5) is 14.7. The largest absolute Gasteiger partial charge is 0.381 e. The average Bonchev–Trinajstić information content (AvgIpc) is 3.49. The number of nitrogens with zero attached hydrogens (tertiary/aromatic N) is 9. The van der Waals surface area contributed by atoms with E-state index in [-0.39, 0.29) is 12.3 Å². The van der Waals surface area contributed by atoms with Crippen LogP contribution in [0.3, 0.4) is 0 Å². The van der Waals surface area contributed by atoms with Gasteiger partial charge in [0.25, 0.3) is 0 Å². The number of aromatic nitrogens is 7. The molecule has 0 amide bonds. The molecule has 1 aliphatic rings. The summed E-state index contributed by atoms with van der Waals surface area (Å²) in [6.45, 7) is 0. The minimum Gasteiger partial charge on any atom is -0.381 e. The molecular formula is C24H18N10. The number of anilines is 1. The van der Waals surface area contributed by atoms with Crippen molar-refractivity contribution in [2.24, 2.45) is 5.92 Å². The van der Waals surface area contributed by atoms with Crippen LogP contribution in [0.2, 0.25) is 0 Å². The van der Waals surface area contributed by atoms with Crippen molar-refractivity contribution in [3.05, 3.63) is 55.2 Å². The van der Waals surface area contributed by atoms with Crippen molar-refractivity contribution >= 4 is 22.4 Å². The van der Waals surface area contributed by atoms with Crippen molar-refractivity contribution < 1.29 is 0 Å². The summed E-state index contributed by atoms with van der Waals surface area (Å²) >= 11 is 0. The molecule has 5 aromatic rings. The van der Waals surface area contributed by atoms with E-state index in [9.17, 15) is 10.5 Å². The number of nitrogens with two attached hydrogens (primary N) is 1. The molecule has 1 aromatic carbocycles. The van der Waals surface area contributed by atoms with Crippen molar-refractivity contribution in [1.82, 2.24) is 34.3 Å². The second-order valence-electron chi connectivity index (χ2n) is 8.56. The Hall–Kier alpha value is -4.83. The van der Waals surface area contributed by atoms with Crippen LogP contribution in [0.1, 0.15) is 19.3 Å². The van der Waals surface area contributed by atoms with Crippen LogP contribution < -0.4 is 5.73 Å². The van der Waals surface area contributed by atoms with Gasteiger partial charge in [0.2, 0.25) is 0 Å². The normalized spacial score (nSPS) is 19.5. The summed E-state index contributed by atoms with van der Waals surface area (Å²) < 4.78 is 1.89. The minimum atomic E-state index is -0.536. The molecule has 34 heavy (non-hydrogen) atoms. The SMILES string of the molecule is N#CC[C@]1(n2ncc(-c3cc(-c4cnc5c(N)nccn45)cc4ncccc34)n2)C[C@@H](C#N)C1. The third-order valence-electron chi connectivity index (χ3n) is 6.51. The fourth-order valence-electron chi connectivity index (χ4n) is 4.78. The summed E-state index contributed by atoms with van der Waals surface area (Å²) in [5.74, 6) is 0.281. The van der Waals surface area contributed by atoms with Gasteiger partial charge < -0.3 is 5.73 Å². The van der Waals surface area contributed by atoms with Gasteiger partial charge in [0.05, 0.1) is 53.6 Å². The third-order valence-corrected chi connectivity index (χ3v) is 6.51. The van der Waals surface area contributed by atoms with Crippen LogP contribution >= 0.6 is 0 Å². The van der Waals surface area contributed by atoms with Crippen molar-refractivity contribution in [2.75, 3.05) is 5.73 Å². The first-order chi connectivity index (χ1) is 16.6. The standard InChI is InChI=1S/C24H18N10/c25-4-3-24(10-15(11-24)12-26)34-31-13-20(32-34)18-8-16(9-19-17(18)2-1-5-28-19)21-14-30-23-22(27)29-6-7-33(21)23/h1-2,5-9,13-15H,3,10-11H2,(H2,27,29)/t15-,24+. The van der Waals surface area contributed by atoms with Gasteiger partial charge in [-0.15, -0.1) is 0 Å². The first-order valence-corrected chi connectivity index (χ1v) is 10.8. The van der Waals surface area contributed by atoms with E-state index in [1.165, 1.54) is 0 Å². The molecule has 1 fully saturated rings. The fraction of sp³-hybridized carbons (Fsp3) is 0.208. The molecule has 0 atom stereocenters. The van der Waals surface area contributed by atoms with Gasteiger partial charge in [-0.25, -0.2) is 9.97 Å². The second-order valence-corrected chi connectivity index (χ2v) is 8.56. The molecule has 1 saturated carbocycles. The van der Waals surface area contributed by atoms with E-state index in [4.69, 9.17) is 10.8 Å². The molecule has 1 aliphatic carbocycles. The predicted molar refractivity (Wildman–Crippen MR) is 124 cm³/mol. The van der Waals surface area contributed by atoms with Gasteiger partial charge >= 0.3 is 0 Å². The Bertz CT molecular complexity index is 1640. The van der Waals surface area contributed by atoms with E-state index in [1.54, 1.807) is 29.6 Å². The van der Waals surface area contributed by atoms with Crippen molar-refractivity contribution in [2.45, 2.75) is 24.8 Å². The maximum atomic E-state index is 9.37.